The zero-order valence-electron chi connectivity index (χ0n) is 22.1. The van der Waals surface area contributed by atoms with Crippen LogP contribution in [0, 0.1) is 0 Å². The highest BCUT2D eigenvalue weighted by Gasteiger charge is 2.23. The summed E-state index contributed by atoms with van der Waals surface area (Å²) in [5.74, 6) is -3.96. The third kappa shape index (κ3) is 5.10. The van der Waals surface area contributed by atoms with E-state index in [1.54, 1.807) is 0 Å². The van der Waals surface area contributed by atoms with Gasteiger partial charge in [-0.2, -0.15) is 0 Å². The van der Waals surface area contributed by atoms with Crippen molar-refractivity contribution >= 4 is 17.8 Å². The SMILES string of the molecule is O=C(NC1CCC1)c1cc(-c2cn(-c3cccc(C(=O)O)c3O)nn2)nc(-c2cn(-c3cccc(C(=O)O)c3O)nn2)c1. The second kappa shape index (κ2) is 10.7. The number of nitrogens with zero attached hydrogens (tertiary/aromatic N) is 7. The van der Waals surface area contributed by atoms with E-state index < -0.39 is 23.4 Å². The highest BCUT2D eigenvalue weighted by Crippen LogP contribution is 2.30. The van der Waals surface area contributed by atoms with E-state index in [1.807, 2.05) is 0 Å². The lowest BCUT2D eigenvalue weighted by Crippen LogP contribution is -2.39. The number of nitrogens with one attached hydrogen (secondary N) is 1. The maximum Gasteiger partial charge on any atom is 0.339 e. The molecule has 0 radical (unpaired) electrons. The van der Waals surface area contributed by atoms with Gasteiger partial charge in [-0.1, -0.05) is 22.6 Å². The summed E-state index contributed by atoms with van der Waals surface area (Å²) in [5.41, 5.74) is 0.636. The van der Waals surface area contributed by atoms with Gasteiger partial charge < -0.3 is 25.7 Å². The molecule has 5 N–H and O–H groups in total. The van der Waals surface area contributed by atoms with Crippen molar-refractivity contribution in [3.05, 3.63) is 77.6 Å². The molecule has 3 aromatic heterocycles. The number of carbonyl (C=O) groups is 3. The lowest BCUT2D eigenvalue weighted by molar-refractivity contribution is 0.0682. The van der Waals surface area contributed by atoms with Gasteiger partial charge in [0.25, 0.3) is 5.91 Å². The average Bonchev–Trinajstić information content (AvgIpc) is 3.65. The molecule has 1 aliphatic rings. The van der Waals surface area contributed by atoms with E-state index in [0.717, 1.165) is 19.3 Å². The van der Waals surface area contributed by atoms with E-state index in [4.69, 9.17) is 0 Å². The van der Waals surface area contributed by atoms with Crippen LogP contribution in [-0.4, -0.2) is 79.3 Å². The van der Waals surface area contributed by atoms with E-state index >= 15 is 0 Å². The van der Waals surface area contributed by atoms with E-state index in [2.05, 4.69) is 30.9 Å². The summed E-state index contributed by atoms with van der Waals surface area (Å²) in [7, 11) is 0. The first-order chi connectivity index (χ1) is 20.7. The number of hydrogen-bond acceptors (Lipinski definition) is 10. The van der Waals surface area contributed by atoms with Crippen molar-refractivity contribution in [1.82, 2.24) is 40.3 Å². The number of phenols is 2. The Morgan fingerprint density at radius 1 is 0.744 bits per heavy atom. The zero-order chi connectivity index (χ0) is 30.2. The zero-order valence-corrected chi connectivity index (χ0v) is 22.1. The Kier molecular flexibility index (Phi) is 6.73. The van der Waals surface area contributed by atoms with Gasteiger partial charge in [-0.3, -0.25) is 4.79 Å². The minimum atomic E-state index is -1.31. The van der Waals surface area contributed by atoms with Gasteiger partial charge in [0.05, 0.1) is 23.8 Å². The molecule has 3 heterocycles. The van der Waals surface area contributed by atoms with Gasteiger partial charge in [0.15, 0.2) is 11.5 Å². The van der Waals surface area contributed by atoms with Crippen molar-refractivity contribution in [2.75, 3.05) is 0 Å². The molecular formula is C28H22N8O7. The van der Waals surface area contributed by atoms with Crippen LogP contribution >= 0.6 is 0 Å². The molecule has 1 aliphatic carbocycles. The molecule has 0 spiro atoms. The van der Waals surface area contributed by atoms with Crippen molar-refractivity contribution in [3.8, 4) is 45.6 Å². The highest BCUT2D eigenvalue weighted by atomic mass is 16.4. The number of aromatic carboxylic acids is 2. The smallest absolute Gasteiger partial charge is 0.339 e. The van der Waals surface area contributed by atoms with Crippen LogP contribution in [0.25, 0.3) is 34.2 Å². The number of pyridine rings is 1. The standard InChI is InChI=1S/C28H22N8O7/c37-24-16(27(40)41)6-2-8-22(24)35-12-20(31-33-35)18-10-14(26(39)29-15-4-1-5-15)11-19(30-18)21-13-36(34-32-21)23-9-3-7-17(25(23)38)28(42)43/h2-3,6-13,15,37-38H,1,4-5H2,(H,29,39)(H,40,41)(H,42,43). The Labute approximate surface area is 241 Å². The van der Waals surface area contributed by atoms with E-state index in [9.17, 15) is 34.8 Å². The fourth-order valence-electron chi connectivity index (χ4n) is 4.52. The fourth-order valence-corrected chi connectivity index (χ4v) is 4.52. The number of amides is 1. The third-order valence-electron chi connectivity index (χ3n) is 7.02. The van der Waals surface area contributed by atoms with Crippen molar-refractivity contribution in [3.63, 3.8) is 0 Å². The molecule has 15 heteroatoms. The molecule has 0 unspecified atom stereocenters. The summed E-state index contributed by atoms with van der Waals surface area (Å²) in [5, 5.41) is 58.9. The van der Waals surface area contributed by atoms with Gasteiger partial charge in [0.2, 0.25) is 0 Å². The minimum absolute atomic E-state index is 0.0586. The predicted molar refractivity (Wildman–Crippen MR) is 147 cm³/mol. The Hall–Kier alpha value is -6.12. The van der Waals surface area contributed by atoms with Gasteiger partial charge in [-0.15, -0.1) is 10.2 Å². The second-order valence-corrected chi connectivity index (χ2v) is 9.78. The first kappa shape index (κ1) is 27.1. The molecule has 5 aromatic rings. The summed E-state index contributed by atoms with van der Waals surface area (Å²) in [4.78, 5) is 40.7. The predicted octanol–water partition coefficient (Wildman–Crippen LogP) is 2.67. The molecule has 0 bridgehead atoms. The van der Waals surface area contributed by atoms with E-state index in [0.29, 0.717) is 0 Å². The molecule has 6 rings (SSSR count). The van der Waals surface area contributed by atoms with Crippen LogP contribution in [-0.2, 0) is 0 Å². The Balaban J connectivity index is 1.41. The second-order valence-electron chi connectivity index (χ2n) is 9.78. The van der Waals surface area contributed by atoms with Crippen LogP contribution in [0.5, 0.6) is 11.5 Å². The van der Waals surface area contributed by atoms with Crippen LogP contribution < -0.4 is 5.32 Å². The normalized spacial score (nSPS) is 12.9. The van der Waals surface area contributed by atoms with Crippen molar-refractivity contribution in [2.45, 2.75) is 25.3 Å². The molecular weight excluding hydrogens is 560 g/mol. The van der Waals surface area contributed by atoms with Crippen LogP contribution in [0.4, 0.5) is 0 Å². The molecule has 1 amide bonds. The molecule has 0 aliphatic heterocycles. The maximum atomic E-state index is 13.2. The summed E-state index contributed by atoms with van der Waals surface area (Å²) >= 11 is 0. The monoisotopic (exact) mass is 582 g/mol. The number of hydrogen-bond donors (Lipinski definition) is 5. The molecule has 1 fully saturated rings. The van der Waals surface area contributed by atoms with Crippen molar-refractivity contribution in [2.24, 2.45) is 0 Å². The topological polar surface area (TPSA) is 218 Å². The molecule has 43 heavy (non-hydrogen) atoms. The van der Waals surface area contributed by atoms with Gasteiger partial charge >= 0.3 is 11.9 Å². The average molecular weight is 583 g/mol. The first-order valence-electron chi connectivity index (χ1n) is 13.0. The van der Waals surface area contributed by atoms with Gasteiger partial charge in [0, 0.05) is 11.6 Å². The minimum Gasteiger partial charge on any atom is -0.505 e. The fraction of sp³-hybridized carbons (Fsp3) is 0.143. The van der Waals surface area contributed by atoms with E-state index in [1.165, 1.54) is 70.3 Å². The Morgan fingerprint density at radius 3 is 1.65 bits per heavy atom. The number of benzene rings is 2. The maximum absolute atomic E-state index is 13.2. The van der Waals surface area contributed by atoms with Crippen LogP contribution in [0.3, 0.4) is 0 Å². The first-order valence-corrected chi connectivity index (χ1v) is 13.0. The van der Waals surface area contributed by atoms with Crippen LogP contribution in [0.15, 0.2) is 60.9 Å². The molecule has 0 atom stereocenters. The Bertz CT molecular complexity index is 1790. The van der Waals surface area contributed by atoms with E-state index in [-0.39, 0.29) is 62.8 Å². The lowest BCUT2D eigenvalue weighted by Gasteiger charge is -2.26. The number of para-hydroxylation sites is 2. The highest BCUT2D eigenvalue weighted by molar-refractivity contribution is 5.96. The largest absolute Gasteiger partial charge is 0.505 e. The molecule has 1 saturated carbocycles. The van der Waals surface area contributed by atoms with Crippen molar-refractivity contribution < 1.29 is 34.8 Å². The van der Waals surface area contributed by atoms with Gasteiger partial charge in [0.1, 0.15) is 33.9 Å². The molecule has 15 nitrogen and oxygen atoms in total. The Morgan fingerprint density at radius 2 is 1.23 bits per heavy atom. The van der Waals surface area contributed by atoms with Crippen LogP contribution in [0.2, 0.25) is 0 Å². The van der Waals surface area contributed by atoms with Crippen molar-refractivity contribution in [1.29, 1.82) is 0 Å². The summed E-state index contributed by atoms with van der Waals surface area (Å²) in [6.07, 6.45) is 5.61. The number of aromatic hydroxyl groups is 2. The third-order valence-corrected chi connectivity index (χ3v) is 7.02. The quantitative estimate of drug-likeness (QED) is 0.178. The van der Waals surface area contributed by atoms with Gasteiger partial charge in [-0.25, -0.2) is 23.9 Å². The summed E-state index contributed by atoms with van der Waals surface area (Å²) < 4.78 is 2.38. The lowest BCUT2D eigenvalue weighted by atomic mass is 9.93. The molecule has 2 aromatic carbocycles. The summed E-state index contributed by atoms with van der Waals surface area (Å²) in [6.45, 7) is 0. The van der Waals surface area contributed by atoms with Crippen LogP contribution in [0.1, 0.15) is 50.3 Å². The number of carboxylic acids is 2. The number of carboxylic acid groups (broad SMARTS) is 2. The summed E-state index contributed by atoms with van der Waals surface area (Å²) in [6, 6.07) is 11.4. The number of rotatable bonds is 8. The molecule has 0 saturated heterocycles. The number of aromatic nitrogens is 7. The molecule has 216 valence electrons. The number of carbonyl (C=O) groups excluding carboxylic acids is 1. The van der Waals surface area contributed by atoms with Gasteiger partial charge in [-0.05, 0) is 55.7 Å².